The van der Waals surface area contributed by atoms with E-state index in [4.69, 9.17) is 4.52 Å². The Morgan fingerprint density at radius 1 is 1.40 bits per heavy atom. The minimum absolute atomic E-state index is 0.0254. The molecule has 0 unspecified atom stereocenters. The van der Waals surface area contributed by atoms with E-state index in [1.807, 2.05) is 0 Å². The van der Waals surface area contributed by atoms with Crippen LogP contribution in [0, 0.1) is 5.92 Å². The highest BCUT2D eigenvalue weighted by atomic mass is 16.5. The second-order valence-corrected chi connectivity index (χ2v) is 4.60. The predicted octanol–water partition coefficient (Wildman–Crippen LogP) is 2.66. The van der Waals surface area contributed by atoms with E-state index in [1.165, 1.54) is 36.8 Å². The minimum Gasteiger partial charge on any atom is -0.381 e. The normalized spacial score (nSPS) is 26.8. The highest BCUT2D eigenvalue weighted by molar-refractivity contribution is 5.04. The maximum atomic E-state index is 11.3. The van der Waals surface area contributed by atoms with Gasteiger partial charge in [-0.05, 0) is 31.6 Å². The van der Waals surface area contributed by atoms with E-state index < -0.39 is 0 Å². The van der Waals surface area contributed by atoms with Crippen LogP contribution < -0.4 is 5.56 Å². The fraction of sp³-hybridized carbons (Fsp3) is 0.750. The Morgan fingerprint density at radius 3 is 2.53 bits per heavy atom. The van der Waals surface area contributed by atoms with Gasteiger partial charge in [-0.2, -0.15) is 4.74 Å². The summed E-state index contributed by atoms with van der Waals surface area (Å²) in [6.45, 7) is 2.26. The van der Waals surface area contributed by atoms with Crippen molar-refractivity contribution in [2.45, 2.75) is 44.9 Å². The van der Waals surface area contributed by atoms with Gasteiger partial charge in [0.05, 0.1) is 0 Å². The topological polar surface area (TPSA) is 35.1 Å². The van der Waals surface area contributed by atoms with E-state index in [9.17, 15) is 4.79 Å². The van der Waals surface area contributed by atoms with Crippen molar-refractivity contribution in [1.29, 1.82) is 0 Å². The number of aromatic nitrogens is 1. The van der Waals surface area contributed by atoms with Crippen LogP contribution >= 0.6 is 0 Å². The summed E-state index contributed by atoms with van der Waals surface area (Å²) in [5, 5.41) is 0. The Hall–Kier alpha value is -0.990. The van der Waals surface area contributed by atoms with Gasteiger partial charge >= 0.3 is 0 Å². The Labute approximate surface area is 90.0 Å². The molecule has 1 aromatic heterocycles. The van der Waals surface area contributed by atoms with Gasteiger partial charge in [-0.3, -0.25) is 4.79 Å². The third-order valence-corrected chi connectivity index (χ3v) is 3.64. The first-order valence-electron chi connectivity index (χ1n) is 5.88. The van der Waals surface area contributed by atoms with Crippen molar-refractivity contribution in [3.05, 3.63) is 22.2 Å². The molecule has 0 aromatic carbocycles. The number of aryl methyl sites for hydroxylation is 1. The van der Waals surface area contributed by atoms with E-state index in [1.54, 1.807) is 13.1 Å². The van der Waals surface area contributed by atoms with Crippen molar-refractivity contribution in [3.63, 3.8) is 0 Å². The molecule has 0 aliphatic heterocycles. The molecule has 0 saturated heterocycles. The maximum Gasteiger partial charge on any atom is 0.282 e. The number of nitrogens with zero attached hydrogens (tertiary/aromatic N) is 1. The van der Waals surface area contributed by atoms with Crippen LogP contribution in [0.15, 0.2) is 15.4 Å². The fourth-order valence-corrected chi connectivity index (χ4v) is 2.49. The zero-order valence-corrected chi connectivity index (χ0v) is 9.53. The first kappa shape index (κ1) is 10.5. The maximum absolute atomic E-state index is 11.3. The summed E-state index contributed by atoms with van der Waals surface area (Å²) in [5.41, 5.74) is -0.0254. The lowest BCUT2D eigenvalue weighted by Gasteiger charge is -2.25. The molecule has 0 amide bonds. The Morgan fingerprint density at radius 2 is 2.07 bits per heavy atom. The van der Waals surface area contributed by atoms with Crippen LogP contribution in [0.5, 0.6) is 0 Å². The van der Waals surface area contributed by atoms with Crippen molar-refractivity contribution in [2.75, 3.05) is 0 Å². The lowest BCUT2D eigenvalue weighted by molar-refractivity contribution is 0.231. The molecule has 84 valence electrons. The molecule has 1 aliphatic carbocycles. The smallest absolute Gasteiger partial charge is 0.282 e. The Balaban J connectivity index is 2.04. The number of hydrogen-bond acceptors (Lipinski definition) is 2. The van der Waals surface area contributed by atoms with Crippen molar-refractivity contribution >= 4 is 0 Å². The molecule has 15 heavy (non-hydrogen) atoms. The third kappa shape index (κ3) is 2.16. The largest absolute Gasteiger partial charge is 0.381 e. The molecule has 3 heteroatoms. The lowest BCUT2D eigenvalue weighted by Crippen LogP contribution is -2.12. The van der Waals surface area contributed by atoms with Crippen LogP contribution in [0.1, 0.15) is 50.7 Å². The first-order chi connectivity index (χ1) is 7.20. The van der Waals surface area contributed by atoms with Gasteiger partial charge < -0.3 is 4.52 Å². The van der Waals surface area contributed by atoms with Crippen LogP contribution in [0.25, 0.3) is 0 Å². The second kappa shape index (κ2) is 4.25. The van der Waals surface area contributed by atoms with Crippen LogP contribution in [-0.4, -0.2) is 4.74 Å². The van der Waals surface area contributed by atoms with Crippen LogP contribution in [0.4, 0.5) is 0 Å². The quantitative estimate of drug-likeness (QED) is 0.750. The van der Waals surface area contributed by atoms with Crippen LogP contribution in [-0.2, 0) is 7.05 Å². The van der Waals surface area contributed by atoms with Gasteiger partial charge in [0.25, 0.3) is 5.56 Å². The molecule has 2 rings (SSSR count). The van der Waals surface area contributed by atoms with Crippen molar-refractivity contribution in [1.82, 2.24) is 4.74 Å². The standard InChI is InChI=1S/C12H19NO2/c1-3-9-4-6-10(7-5-9)11-8-12(14)13(2)15-11/h8-10H,3-7H2,1-2H3. The minimum atomic E-state index is -0.0254. The van der Waals surface area contributed by atoms with E-state index in [-0.39, 0.29) is 5.56 Å². The van der Waals surface area contributed by atoms with E-state index in [0.717, 1.165) is 11.7 Å². The monoisotopic (exact) mass is 209 g/mol. The summed E-state index contributed by atoms with van der Waals surface area (Å²) in [6.07, 6.45) is 6.18. The fourth-order valence-electron chi connectivity index (χ4n) is 2.49. The summed E-state index contributed by atoms with van der Waals surface area (Å²) in [7, 11) is 1.67. The summed E-state index contributed by atoms with van der Waals surface area (Å²) in [6, 6.07) is 1.65. The molecular formula is C12H19NO2. The van der Waals surface area contributed by atoms with E-state index >= 15 is 0 Å². The van der Waals surface area contributed by atoms with E-state index in [0.29, 0.717) is 5.92 Å². The summed E-state index contributed by atoms with van der Waals surface area (Å²) in [5.74, 6) is 2.25. The van der Waals surface area contributed by atoms with Gasteiger partial charge in [-0.1, -0.05) is 13.3 Å². The molecule has 1 aliphatic rings. The van der Waals surface area contributed by atoms with Gasteiger partial charge in [0.1, 0.15) is 5.76 Å². The molecule has 1 aromatic rings. The molecule has 1 fully saturated rings. The molecule has 0 spiro atoms. The SMILES string of the molecule is CCC1CCC(c2cc(=O)n(C)o2)CC1. The molecule has 3 nitrogen and oxygen atoms in total. The van der Waals surface area contributed by atoms with Gasteiger partial charge in [0.2, 0.25) is 0 Å². The Kier molecular flexibility index (Phi) is 2.98. The zero-order chi connectivity index (χ0) is 10.8. The molecule has 0 N–H and O–H groups in total. The number of hydrogen-bond donors (Lipinski definition) is 0. The van der Waals surface area contributed by atoms with Gasteiger partial charge in [0.15, 0.2) is 0 Å². The van der Waals surface area contributed by atoms with Crippen molar-refractivity contribution < 1.29 is 4.52 Å². The molecule has 0 radical (unpaired) electrons. The first-order valence-corrected chi connectivity index (χ1v) is 5.88. The molecule has 0 atom stereocenters. The van der Waals surface area contributed by atoms with Crippen molar-refractivity contribution in [2.24, 2.45) is 13.0 Å². The van der Waals surface area contributed by atoms with Gasteiger partial charge in [-0.15, -0.1) is 0 Å². The molecule has 1 saturated carbocycles. The lowest BCUT2D eigenvalue weighted by atomic mass is 9.80. The highest BCUT2D eigenvalue weighted by Gasteiger charge is 2.24. The predicted molar refractivity (Wildman–Crippen MR) is 58.9 cm³/mol. The Bertz CT molecular complexity index is 369. The van der Waals surface area contributed by atoms with Gasteiger partial charge in [-0.25, -0.2) is 0 Å². The summed E-state index contributed by atoms with van der Waals surface area (Å²) in [4.78, 5) is 11.3. The third-order valence-electron chi connectivity index (χ3n) is 3.64. The van der Waals surface area contributed by atoms with E-state index in [2.05, 4.69) is 6.92 Å². The van der Waals surface area contributed by atoms with Crippen LogP contribution in [0.2, 0.25) is 0 Å². The molecular weight excluding hydrogens is 190 g/mol. The summed E-state index contributed by atoms with van der Waals surface area (Å²) >= 11 is 0. The molecule has 0 bridgehead atoms. The van der Waals surface area contributed by atoms with Crippen LogP contribution in [0.3, 0.4) is 0 Å². The summed E-state index contributed by atoms with van der Waals surface area (Å²) < 4.78 is 6.75. The zero-order valence-electron chi connectivity index (χ0n) is 9.53. The second-order valence-electron chi connectivity index (χ2n) is 4.60. The highest BCUT2D eigenvalue weighted by Crippen LogP contribution is 2.36. The van der Waals surface area contributed by atoms with Crippen molar-refractivity contribution in [3.8, 4) is 0 Å². The van der Waals surface area contributed by atoms with Gasteiger partial charge in [0, 0.05) is 19.0 Å². The molecule has 1 heterocycles. The average molecular weight is 209 g/mol. The number of rotatable bonds is 2. The average Bonchev–Trinajstić information content (AvgIpc) is 2.59.